The molecule has 4 nitrogen and oxygen atoms in total. The van der Waals surface area contributed by atoms with Gasteiger partial charge in [-0.25, -0.2) is 0 Å². The fraction of sp³-hybridized carbons (Fsp3) is 0.750. The van der Waals surface area contributed by atoms with Gasteiger partial charge in [0.1, 0.15) is 0 Å². The van der Waals surface area contributed by atoms with Crippen LogP contribution in [0.4, 0.5) is 0 Å². The maximum atomic E-state index is 8.96. The minimum Gasteiger partial charge on any atom is -0.396 e. The van der Waals surface area contributed by atoms with Gasteiger partial charge in [0.15, 0.2) is 0 Å². The van der Waals surface area contributed by atoms with Crippen molar-refractivity contribution >= 4 is 11.7 Å². The Labute approximate surface area is 81.5 Å². The van der Waals surface area contributed by atoms with Crippen molar-refractivity contribution in [2.45, 2.75) is 13.0 Å². The van der Waals surface area contributed by atoms with Crippen LogP contribution in [0.2, 0.25) is 0 Å². The first-order valence-electron chi connectivity index (χ1n) is 4.48. The molecule has 0 bridgehead atoms. The molecule has 0 amide bonds. The summed E-state index contributed by atoms with van der Waals surface area (Å²) in [7, 11) is 0. The van der Waals surface area contributed by atoms with E-state index >= 15 is 0 Å². The summed E-state index contributed by atoms with van der Waals surface area (Å²) in [6.07, 6.45) is 2.92. The van der Waals surface area contributed by atoms with E-state index in [1.54, 1.807) is 0 Å². The van der Waals surface area contributed by atoms with Gasteiger partial charge in [-0.05, 0) is 18.9 Å². The average Bonchev–Trinajstić information content (AvgIpc) is 2.76. The van der Waals surface area contributed by atoms with Crippen LogP contribution in [-0.2, 0) is 6.54 Å². The van der Waals surface area contributed by atoms with Crippen molar-refractivity contribution in [3.05, 3.63) is 11.9 Å². The molecule has 1 fully saturated rings. The summed E-state index contributed by atoms with van der Waals surface area (Å²) in [6.45, 7) is 3.26. The monoisotopic (exact) mass is 199 g/mol. The van der Waals surface area contributed by atoms with Gasteiger partial charge >= 0.3 is 0 Å². The van der Waals surface area contributed by atoms with Crippen LogP contribution < -0.4 is 0 Å². The van der Waals surface area contributed by atoms with Crippen molar-refractivity contribution in [3.8, 4) is 0 Å². The molecule has 1 saturated heterocycles. The van der Waals surface area contributed by atoms with E-state index in [2.05, 4.69) is 13.6 Å². The van der Waals surface area contributed by atoms with Crippen molar-refractivity contribution < 1.29 is 5.11 Å². The van der Waals surface area contributed by atoms with Crippen LogP contribution in [0.1, 0.15) is 12.1 Å². The maximum absolute atomic E-state index is 8.96. The van der Waals surface area contributed by atoms with Crippen molar-refractivity contribution in [2.24, 2.45) is 5.92 Å². The molecule has 0 spiro atoms. The van der Waals surface area contributed by atoms with E-state index in [4.69, 9.17) is 5.11 Å². The van der Waals surface area contributed by atoms with Gasteiger partial charge in [-0.15, -0.1) is 0 Å². The van der Waals surface area contributed by atoms with Crippen LogP contribution in [0.3, 0.4) is 0 Å². The predicted octanol–water partition coefficient (Wildman–Crippen LogP) is 0.352. The second-order valence-corrected chi connectivity index (χ2v) is 4.03. The lowest BCUT2D eigenvalue weighted by Crippen LogP contribution is -2.21. The van der Waals surface area contributed by atoms with Crippen LogP contribution in [0.5, 0.6) is 0 Å². The number of aromatic nitrogens is 2. The molecule has 0 radical (unpaired) electrons. The van der Waals surface area contributed by atoms with Crippen molar-refractivity contribution in [3.63, 3.8) is 0 Å². The third-order valence-electron chi connectivity index (χ3n) is 2.42. The van der Waals surface area contributed by atoms with Gasteiger partial charge in [-0.2, -0.15) is 8.75 Å². The number of nitrogens with zero attached hydrogens (tertiary/aromatic N) is 3. The van der Waals surface area contributed by atoms with Gasteiger partial charge in [0, 0.05) is 19.7 Å². The summed E-state index contributed by atoms with van der Waals surface area (Å²) >= 11 is 1.25. The van der Waals surface area contributed by atoms with Gasteiger partial charge in [-0.1, -0.05) is 0 Å². The minimum absolute atomic E-state index is 0.311. The van der Waals surface area contributed by atoms with Crippen LogP contribution in [0.25, 0.3) is 0 Å². The quantitative estimate of drug-likeness (QED) is 0.763. The van der Waals surface area contributed by atoms with E-state index < -0.39 is 0 Å². The summed E-state index contributed by atoms with van der Waals surface area (Å²) in [5, 5.41) is 8.96. The molecule has 1 aromatic rings. The molecule has 5 heteroatoms. The highest BCUT2D eigenvalue weighted by atomic mass is 32.1. The second kappa shape index (κ2) is 4.13. The number of aliphatic hydroxyl groups is 1. The first-order chi connectivity index (χ1) is 6.38. The average molecular weight is 199 g/mol. The zero-order chi connectivity index (χ0) is 9.10. The number of aliphatic hydroxyl groups excluding tert-OH is 1. The van der Waals surface area contributed by atoms with E-state index in [1.165, 1.54) is 11.7 Å². The highest BCUT2D eigenvalue weighted by molar-refractivity contribution is 6.99. The van der Waals surface area contributed by atoms with Gasteiger partial charge in [0.2, 0.25) is 0 Å². The molecule has 2 heterocycles. The Kier molecular flexibility index (Phi) is 2.87. The Morgan fingerprint density at radius 1 is 1.69 bits per heavy atom. The summed E-state index contributed by atoms with van der Waals surface area (Å²) in [6, 6.07) is 0. The highest BCUT2D eigenvalue weighted by Gasteiger charge is 2.21. The normalized spacial score (nSPS) is 23.9. The van der Waals surface area contributed by atoms with E-state index in [0.717, 1.165) is 31.7 Å². The fourth-order valence-corrected chi connectivity index (χ4v) is 2.11. The standard InChI is InChI=1S/C8H13N3OS/c12-6-7-1-2-11(4-7)5-8-3-9-13-10-8/h3,7,12H,1-2,4-6H2. The zero-order valence-corrected chi connectivity index (χ0v) is 8.20. The van der Waals surface area contributed by atoms with Gasteiger partial charge in [0.25, 0.3) is 0 Å². The molecule has 1 atom stereocenters. The smallest absolute Gasteiger partial charge is 0.0883 e. The Balaban J connectivity index is 1.84. The zero-order valence-electron chi connectivity index (χ0n) is 7.39. The Morgan fingerprint density at radius 2 is 2.62 bits per heavy atom. The third-order valence-corrected chi connectivity index (χ3v) is 2.94. The van der Waals surface area contributed by atoms with E-state index in [-0.39, 0.29) is 0 Å². The first kappa shape index (κ1) is 9.05. The minimum atomic E-state index is 0.311. The molecule has 0 aromatic carbocycles. The largest absolute Gasteiger partial charge is 0.396 e. The molecule has 2 rings (SSSR count). The lowest BCUT2D eigenvalue weighted by molar-refractivity contribution is 0.219. The van der Waals surface area contributed by atoms with Crippen LogP contribution in [-0.4, -0.2) is 38.4 Å². The molecule has 72 valence electrons. The Hall–Kier alpha value is -0.520. The molecule has 1 N–H and O–H groups in total. The molecular formula is C8H13N3OS. The molecule has 1 aromatic heterocycles. The maximum Gasteiger partial charge on any atom is 0.0883 e. The van der Waals surface area contributed by atoms with Crippen LogP contribution in [0, 0.1) is 5.92 Å². The summed E-state index contributed by atoms with van der Waals surface area (Å²) in [4.78, 5) is 2.32. The molecule has 13 heavy (non-hydrogen) atoms. The molecule has 0 aliphatic carbocycles. The molecule has 0 saturated carbocycles. The number of hydrogen-bond acceptors (Lipinski definition) is 5. The predicted molar refractivity (Wildman–Crippen MR) is 50.4 cm³/mol. The van der Waals surface area contributed by atoms with Crippen molar-refractivity contribution in [2.75, 3.05) is 19.7 Å². The SMILES string of the molecule is OCC1CCN(Cc2cnsn2)C1. The van der Waals surface area contributed by atoms with Gasteiger partial charge in [-0.3, -0.25) is 4.90 Å². The Morgan fingerprint density at radius 3 is 3.23 bits per heavy atom. The van der Waals surface area contributed by atoms with Gasteiger partial charge < -0.3 is 5.11 Å². The topological polar surface area (TPSA) is 49.2 Å². The number of likely N-dealkylation sites (tertiary alicyclic amines) is 1. The van der Waals surface area contributed by atoms with E-state index in [9.17, 15) is 0 Å². The Bertz CT molecular complexity index is 252. The summed E-state index contributed by atoms with van der Waals surface area (Å²) in [5.41, 5.74) is 1.04. The number of rotatable bonds is 3. The van der Waals surface area contributed by atoms with E-state index in [1.807, 2.05) is 6.20 Å². The van der Waals surface area contributed by atoms with Crippen molar-refractivity contribution in [1.29, 1.82) is 0 Å². The lowest BCUT2D eigenvalue weighted by atomic mass is 10.1. The lowest BCUT2D eigenvalue weighted by Gasteiger charge is -2.12. The number of hydrogen-bond donors (Lipinski definition) is 1. The molecule has 1 aliphatic rings. The molecular weight excluding hydrogens is 186 g/mol. The summed E-state index contributed by atoms with van der Waals surface area (Å²) < 4.78 is 8.11. The second-order valence-electron chi connectivity index (χ2n) is 3.47. The highest BCUT2D eigenvalue weighted by Crippen LogP contribution is 2.17. The molecule has 1 unspecified atom stereocenters. The van der Waals surface area contributed by atoms with Crippen molar-refractivity contribution in [1.82, 2.24) is 13.6 Å². The summed E-state index contributed by atoms with van der Waals surface area (Å²) in [5.74, 6) is 0.464. The van der Waals surface area contributed by atoms with Gasteiger partial charge in [0.05, 0.1) is 23.6 Å². The first-order valence-corrected chi connectivity index (χ1v) is 5.21. The molecule has 1 aliphatic heterocycles. The van der Waals surface area contributed by atoms with Crippen LogP contribution >= 0.6 is 11.7 Å². The fourth-order valence-electron chi connectivity index (χ4n) is 1.69. The van der Waals surface area contributed by atoms with Crippen LogP contribution in [0.15, 0.2) is 6.20 Å². The van der Waals surface area contributed by atoms with E-state index in [0.29, 0.717) is 12.5 Å². The third kappa shape index (κ3) is 2.24.